The lowest BCUT2D eigenvalue weighted by molar-refractivity contribution is -0.156. The van der Waals surface area contributed by atoms with Crippen molar-refractivity contribution in [2.24, 2.45) is 0 Å². The monoisotopic (exact) mass is 350 g/mol. The summed E-state index contributed by atoms with van der Waals surface area (Å²) in [6.07, 6.45) is 2.97. The molecule has 128 valence electrons. The van der Waals surface area contributed by atoms with Gasteiger partial charge in [0.05, 0.1) is 11.9 Å². The average molecular weight is 350 g/mol. The topological polar surface area (TPSA) is 116 Å². The molecule has 8 nitrogen and oxygen atoms in total. The van der Waals surface area contributed by atoms with Crippen molar-refractivity contribution in [3.63, 3.8) is 0 Å². The Morgan fingerprint density at radius 3 is 3.04 bits per heavy atom. The van der Waals surface area contributed by atoms with Crippen LogP contribution in [0, 0.1) is 0 Å². The Bertz CT molecular complexity index is 776. The average Bonchev–Trinajstić information content (AvgIpc) is 3.20. The van der Waals surface area contributed by atoms with E-state index in [-0.39, 0.29) is 12.5 Å². The van der Waals surface area contributed by atoms with Crippen molar-refractivity contribution in [2.75, 3.05) is 18.0 Å². The SMILES string of the molecule is CC(O)(CNC(=O)C1CCCN1c1ncnc2sccc12)C(=O)O. The fourth-order valence-electron chi connectivity index (χ4n) is 2.75. The maximum absolute atomic E-state index is 12.5. The number of hydrogen-bond donors (Lipinski definition) is 3. The largest absolute Gasteiger partial charge is 0.479 e. The van der Waals surface area contributed by atoms with E-state index in [4.69, 9.17) is 5.11 Å². The molecule has 0 radical (unpaired) electrons. The molecule has 24 heavy (non-hydrogen) atoms. The number of amides is 1. The molecule has 0 aliphatic carbocycles. The molecule has 2 atom stereocenters. The predicted octanol–water partition coefficient (Wildman–Crippen LogP) is 0.612. The number of aliphatic hydroxyl groups is 1. The molecule has 2 unspecified atom stereocenters. The van der Waals surface area contributed by atoms with Gasteiger partial charge in [-0.1, -0.05) is 0 Å². The molecule has 0 spiro atoms. The van der Waals surface area contributed by atoms with Crippen LogP contribution in [0.15, 0.2) is 17.8 Å². The molecule has 9 heteroatoms. The van der Waals surface area contributed by atoms with E-state index < -0.39 is 17.6 Å². The smallest absolute Gasteiger partial charge is 0.337 e. The van der Waals surface area contributed by atoms with Crippen LogP contribution in [0.4, 0.5) is 5.82 Å². The standard InChI is InChI=1S/C15H18N4O4S/c1-15(23,14(21)22)7-16-12(20)10-3-2-5-19(10)11-9-4-6-24-13(9)18-8-17-11/h4,6,8,10,23H,2-3,5,7H2,1H3,(H,16,20)(H,21,22). The van der Waals surface area contributed by atoms with Gasteiger partial charge in [-0.2, -0.15) is 0 Å². The first-order valence-corrected chi connectivity index (χ1v) is 8.46. The highest BCUT2D eigenvalue weighted by atomic mass is 32.1. The predicted molar refractivity (Wildman–Crippen MR) is 89.1 cm³/mol. The molecule has 3 rings (SSSR count). The first-order chi connectivity index (χ1) is 11.4. The van der Waals surface area contributed by atoms with Crippen LogP contribution < -0.4 is 10.2 Å². The lowest BCUT2D eigenvalue weighted by atomic mass is 10.1. The van der Waals surface area contributed by atoms with Crippen molar-refractivity contribution in [1.29, 1.82) is 0 Å². The minimum absolute atomic E-state index is 0.309. The third kappa shape index (κ3) is 3.04. The van der Waals surface area contributed by atoms with Crippen molar-refractivity contribution in [2.45, 2.75) is 31.4 Å². The highest BCUT2D eigenvalue weighted by Gasteiger charge is 2.35. The molecule has 0 aromatic carbocycles. The van der Waals surface area contributed by atoms with Gasteiger partial charge in [-0.05, 0) is 31.2 Å². The van der Waals surface area contributed by atoms with E-state index >= 15 is 0 Å². The van der Waals surface area contributed by atoms with Crippen LogP contribution in [-0.2, 0) is 9.59 Å². The quantitative estimate of drug-likeness (QED) is 0.723. The van der Waals surface area contributed by atoms with E-state index in [0.717, 1.165) is 23.6 Å². The second-order valence-electron chi connectivity index (χ2n) is 5.98. The Balaban J connectivity index is 1.77. The number of carboxylic acid groups (broad SMARTS) is 1. The highest BCUT2D eigenvalue weighted by Crippen LogP contribution is 2.31. The molecule has 2 aromatic rings. The number of carboxylic acids is 1. The van der Waals surface area contributed by atoms with Crippen molar-refractivity contribution in [3.8, 4) is 0 Å². The second-order valence-corrected chi connectivity index (χ2v) is 6.88. The van der Waals surface area contributed by atoms with Crippen LogP contribution in [0.3, 0.4) is 0 Å². The number of nitrogens with one attached hydrogen (secondary N) is 1. The molecule has 0 bridgehead atoms. The van der Waals surface area contributed by atoms with Crippen LogP contribution in [0.1, 0.15) is 19.8 Å². The molecule has 2 aromatic heterocycles. The van der Waals surface area contributed by atoms with Crippen LogP contribution in [-0.4, -0.2) is 56.8 Å². The van der Waals surface area contributed by atoms with Crippen molar-refractivity contribution < 1.29 is 19.8 Å². The van der Waals surface area contributed by atoms with E-state index in [9.17, 15) is 14.7 Å². The first-order valence-electron chi connectivity index (χ1n) is 7.58. The van der Waals surface area contributed by atoms with Gasteiger partial charge >= 0.3 is 5.97 Å². The summed E-state index contributed by atoms with van der Waals surface area (Å²) in [6, 6.07) is 1.49. The molecule has 1 fully saturated rings. The number of hydrogen-bond acceptors (Lipinski definition) is 7. The van der Waals surface area contributed by atoms with Crippen molar-refractivity contribution in [3.05, 3.63) is 17.8 Å². The number of rotatable bonds is 5. The summed E-state index contributed by atoms with van der Waals surface area (Å²) in [5.41, 5.74) is -1.99. The van der Waals surface area contributed by atoms with Crippen LogP contribution in [0.2, 0.25) is 0 Å². The molecule has 1 aliphatic rings. The number of carbonyl (C=O) groups is 2. The van der Waals surface area contributed by atoms with E-state index in [1.165, 1.54) is 17.7 Å². The van der Waals surface area contributed by atoms with E-state index in [1.54, 1.807) is 0 Å². The Morgan fingerprint density at radius 1 is 1.50 bits per heavy atom. The first kappa shape index (κ1) is 16.6. The molecule has 3 heterocycles. The molecule has 1 amide bonds. The van der Waals surface area contributed by atoms with Crippen LogP contribution in [0.25, 0.3) is 10.2 Å². The number of fused-ring (bicyclic) bond motifs is 1. The minimum atomic E-state index is -1.99. The fourth-order valence-corrected chi connectivity index (χ4v) is 3.48. The molecular formula is C15H18N4O4S. The van der Waals surface area contributed by atoms with Gasteiger partial charge in [0.2, 0.25) is 5.91 Å². The number of carbonyl (C=O) groups excluding carboxylic acids is 1. The van der Waals surface area contributed by atoms with Gasteiger partial charge in [0.15, 0.2) is 5.60 Å². The van der Waals surface area contributed by atoms with Gasteiger partial charge in [-0.25, -0.2) is 14.8 Å². The maximum Gasteiger partial charge on any atom is 0.337 e. The number of thiophene rings is 1. The van der Waals surface area contributed by atoms with Gasteiger partial charge in [0, 0.05) is 6.54 Å². The summed E-state index contributed by atoms with van der Waals surface area (Å²) in [4.78, 5) is 34.7. The zero-order valence-corrected chi connectivity index (χ0v) is 13.9. The zero-order chi connectivity index (χ0) is 17.3. The molecule has 3 N–H and O–H groups in total. The molecule has 1 saturated heterocycles. The summed E-state index contributed by atoms with van der Waals surface area (Å²) in [7, 11) is 0. The number of anilines is 1. The van der Waals surface area contributed by atoms with E-state index in [0.29, 0.717) is 18.8 Å². The lowest BCUT2D eigenvalue weighted by Crippen LogP contribution is -2.51. The van der Waals surface area contributed by atoms with Crippen LogP contribution >= 0.6 is 11.3 Å². The Labute approximate surface area is 142 Å². The third-order valence-electron chi connectivity index (χ3n) is 4.14. The summed E-state index contributed by atoms with van der Waals surface area (Å²) >= 11 is 1.51. The number of nitrogens with zero attached hydrogens (tertiary/aromatic N) is 3. The number of aromatic nitrogens is 2. The number of aliphatic carboxylic acids is 1. The van der Waals surface area contributed by atoms with Gasteiger partial charge in [-0.3, -0.25) is 4.79 Å². The van der Waals surface area contributed by atoms with Gasteiger partial charge in [-0.15, -0.1) is 11.3 Å². The fraction of sp³-hybridized carbons (Fsp3) is 0.467. The summed E-state index contributed by atoms with van der Waals surface area (Å²) in [5, 5.41) is 24.0. The van der Waals surface area contributed by atoms with Crippen molar-refractivity contribution in [1.82, 2.24) is 15.3 Å². The van der Waals surface area contributed by atoms with Gasteiger partial charge in [0.1, 0.15) is 23.0 Å². The second kappa shape index (κ2) is 6.33. The minimum Gasteiger partial charge on any atom is -0.479 e. The Morgan fingerprint density at radius 2 is 2.29 bits per heavy atom. The third-order valence-corrected chi connectivity index (χ3v) is 4.96. The Kier molecular flexibility index (Phi) is 4.37. The maximum atomic E-state index is 12.5. The zero-order valence-electron chi connectivity index (χ0n) is 13.1. The summed E-state index contributed by atoms with van der Waals surface area (Å²) < 4.78 is 0. The van der Waals surface area contributed by atoms with Gasteiger partial charge in [0.25, 0.3) is 0 Å². The lowest BCUT2D eigenvalue weighted by Gasteiger charge is -2.26. The molecule has 1 aliphatic heterocycles. The Hall–Kier alpha value is -2.26. The summed E-state index contributed by atoms with van der Waals surface area (Å²) in [6.45, 7) is 1.50. The molecule has 0 saturated carbocycles. The van der Waals surface area contributed by atoms with E-state index in [2.05, 4.69) is 15.3 Å². The van der Waals surface area contributed by atoms with Gasteiger partial charge < -0.3 is 20.4 Å². The summed E-state index contributed by atoms with van der Waals surface area (Å²) in [5.74, 6) is -0.971. The normalized spacial score (nSPS) is 20.1. The highest BCUT2D eigenvalue weighted by molar-refractivity contribution is 7.16. The van der Waals surface area contributed by atoms with Crippen molar-refractivity contribution >= 4 is 39.2 Å². The van der Waals surface area contributed by atoms with E-state index in [1.807, 2.05) is 16.3 Å². The molecular weight excluding hydrogens is 332 g/mol. The van der Waals surface area contributed by atoms with Crippen LogP contribution in [0.5, 0.6) is 0 Å².